The molecule has 3 heterocycles. The van der Waals surface area contributed by atoms with E-state index in [0.29, 0.717) is 49.7 Å². The summed E-state index contributed by atoms with van der Waals surface area (Å²) in [6.45, 7) is 7.22. The number of esters is 1. The lowest BCUT2D eigenvalue weighted by Gasteiger charge is -2.31. The molecule has 0 spiro atoms. The number of carbonyl (C=O) groups excluding carboxylic acids is 2. The molecule has 1 aromatic carbocycles. The van der Waals surface area contributed by atoms with Crippen LogP contribution in [0.5, 0.6) is 0 Å². The smallest absolute Gasteiger partial charge is 0.309 e. The summed E-state index contributed by atoms with van der Waals surface area (Å²) in [5.41, 5.74) is 4.06. The molecule has 0 radical (unpaired) electrons. The Labute approximate surface area is 181 Å². The number of aryl methyl sites for hydroxylation is 2. The van der Waals surface area contributed by atoms with E-state index in [4.69, 9.17) is 14.3 Å². The van der Waals surface area contributed by atoms with Gasteiger partial charge in [-0.2, -0.15) is 5.10 Å². The minimum absolute atomic E-state index is 0.103. The summed E-state index contributed by atoms with van der Waals surface area (Å²) in [5, 5.41) is 4.71. The fourth-order valence-corrected chi connectivity index (χ4v) is 3.95. The maximum absolute atomic E-state index is 13.5. The summed E-state index contributed by atoms with van der Waals surface area (Å²) in [4.78, 5) is 27.3. The molecule has 0 saturated carbocycles. The first-order chi connectivity index (χ1) is 15.0. The lowest BCUT2D eigenvalue weighted by Crippen LogP contribution is -2.41. The molecule has 1 saturated heterocycles. The van der Waals surface area contributed by atoms with E-state index in [1.807, 2.05) is 45.0 Å². The van der Waals surface area contributed by atoms with Crippen LogP contribution in [0.25, 0.3) is 17.1 Å². The highest BCUT2D eigenvalue weighted by Crippen LogP contribution is 2.27. The highest BCUT2D eigenvalue weighted by Gasteiger charge is 2.31. The average molecular weight is 421 g/mol. The first kappa shape index (κ1) is 20.9. The van der Waals surface area contributed by atoms with E-state index >= 15 is 0 Å². The number of hydrogen-bond acceptors (Lipinski definition) is 5. The summed E-state index contributed by atoms with van der Waals surface area (Å²) in [6.07, 6.45) is 2.80. The third-order valence-corrected chi connectivity index (χ3v) is 5.70. The van der Waals surface area contributed by atoms with E-state index in [1.54, 1.807) is 28.0 Å². The second kappa shape index (κ2) is 8.79. The Balaban J connectivity index is 1.65. The van der Waals surface area contributed by atoms with Crippen molar-refractivity contribution in [3.63, 3.8) is 0 Å². The second-order valence-electron chi connectivity index (χ2n) is 7.91. The molecular weight excluding hydrogens is 394 g/mol. The van der Waals surface area contributed by atoms with Gasteiger partial charge >= 0.3 is 5.97 Å². The third-order valence-electron chi connectivity index (χ3n) is 5.70. The number of benzene rings is 1. The van der Waals surface area contributed by atoms with E-state index in [9.17, 15) is 9.59 Å². The Hall–Kier alpha value is -3.35. The highest BCUT2D eigenvalue weighted by molar-refractivity contribution is 5.94. The molecule has 4 rings (SSSR count). The molecule has 1 fully saturated rings. The van der Waals surface area contributed by atoms with Crippen LogP contribution in [0.1, 0.15) is 41.4 Å². The number of hydrogen-bond donors (Lipinski definition) is 0. The van der Waals surface area contributed by atoms with Gasteiger partial charge in [-0.05, 0) is 62.9 Å². The first-order valence-electron chi connectivity index (χ1n) is 10.7. The Morgan fingerprint density at radius 1 is 1.16 bits per heavy atom. The number of aromatic nitrogens is 2. The molecule has 3 aromatic rings. The van der Waals surface area contributed by atoms with Gasteiger partial charge < -0.3 is 14.1 Å². The number of piperidine rings is 1. The van der Waals surface area contributed by atoms with E-state index in [1.165, 1.54) is 0 Å². The van der Waals surface area contributed by atoms with Gasteiger partial charge in [0.15, 0.2) is 5.76 Å². The van der Waals surface area contributed by atoms with Crippen molar-refractivity contribution in [2.75, 3.05) is 19.7 Å². The molecule has 1 aliphatic heterocycles. The first-order valence-corrected chi connectivity index (χ1v) is 10.7. The Bertz CT molecular complexity index is 1080. The van der Waals surface area contributed by atoms with Crippen LogP contribution in [0.15, 0.2) is 47.1 Å². The van der Waals surface area contributed by atoms with Gasteiger partial charge in [0, 0.05) is 19.2 Å². The molecule has 7 nitrogen and oxygen atoms in total. The van der Waals surface area contributed by atoms with Gasteiger partial charge in [0.2, 0.25) is 0 Å². The largest absolute Gasteiger partial charge is 0.466 e. The van der Waals surface area contributed by atoms with Crippen molar-refractivity contribution in [3.05, 3.63) is 59.5 Å². The van der Waals surface area contributed by atoms with Crippen molar-refractivity contribution >= 4 is 11.9 Å². The van der Waals surface area contributed by atoms with E-state index in [2.05, 4.69) is 0 Å². The van der Waals surface area contributed by atoms with Crippen molar-refractivity contribution < 1.29 is 18.7 Å². The van der Waals surface area contributed by atoms with Crippen LogP contribution in [0.4, 0.5) is 0 Å². The summed E-state index contributed by atoms with van der Waals surface area (Å²) >= 11 is 0. The summed E-state index contributed by atoms with van der Waals surface area (Å²) in [6, 6.07) is 11.5. The van der Waals surface area contributed by atoms with Crippen molar-refractivity contribution in [3.8, 4) is 17.1 Å². The molecule has 0 aliphatic carbocycles. The lowest BCUT2D eigenvalue weighted by molar-refractivity contribution is -0.149. The Kier molecular flexibility index (Phi) is 5.93. The molecule has 0 unspecified atom stereocenters. The molecule has 162 valence electrons. The minimum atomic E-state index is -0.171. The predicted octanol–water partition coefficient (Wildman–Crippen LogP) is 4.16. The van der Waals surface area contributed by atoms with Crippen LogP contribution in [0.2, 0.25) is 0 Å². The SMILES string of the molecule is CCOC(=O)C1CCN(C(=O)c2cc(-c3ccco3)nn2-c2cc(C)ccc2C)CC1. The number of likely N-dealkylation sites (tertiary alicyclic amines) is 1. The summed E-state index contributed by atoms with van der Waals surface area (Å²) in [5.74, 6) is 0.189. The molecule has 7 heteroatoms. The van der Waals surface area contributed by atoms with Crippen LogP contribution in [-0.2, 0) is 9.53 Å². The number of rotatable bonds is 5. The Morgan fingerprint density at radius 2 is 1.94 bits per heavy atom. The molecule has 2 aromatic heterocycles. The summed E-state index contributed by atoms with van der Waals surface area (Å²) in [7, 11) is 0. The number of nitrogens with zero attached hydrogens (tertiary/aromatic N) is 3. The van der Waals surface area contributed by atoms with Crippen molar-refractivity contribution in [2.45, 2.75) is 33.6 Å². The van der Waals surface area contributed by atoms with Crippen LogP contribution >= 0.6 is 0 Å². The molecular formula is C24H27N3O4. The second-order valence-corrected chi connectivity index (χ2v) is 7.91. The maximum Gasteiger partial charge on any atom is 0.309 e. The van der Waals surface area contributed by atoms with Gasteiger partial charge in [0.25, 0.3) is 5.91 Å². The summed E-state index contributed by atoms with van der Waals surface area (Å²) < 4.78 is 12.4. The fraction of sp³-hybridized carbons (Fsp3) is 0.375. The standard InChI is InChI=1S/C24H27N3O4/c1-4-30-24(29)18-9-11-26(12-10-18)23(28)21-15-19(22-6-5-13-31-22)25-27(21)20-14-16(2)7-8-17(20)3/h5-8,13-15,18H,4,9-12H2,1-3H3. The zero-order chi connectivity index (χ0) is 22.0. The maximum atomic E-state index is 13.5. The van der Waals surface area contributed by atoms with Crippen molar-refractivity contribution in [1.82, 2.24) is 14.7 Å². The van der Waals surface area contributed by atoms with Gasteiger partial charge in [-0.1, -0.05) is 12.1 Å². The van der Waals surface area contributed by atoms with Gasteiger partial charge in [-0.3, -0.25) is 9.59 Å². The zero-order valence-electron chi connectivity index (χ0n) is 18.1. The molecule has 0 N–H and O–H groups in total. The highest BCUT2D eigenvalue weighted by atomic mass is 16.5. The van der Waals surface area contributed by atoms with Crippen LogP contribution in [0.3, 0.4) is 0 Å². The van der Waals surface area contributed by atoms with Gasteiger partial charge in [-0.25, -0.2) is 4.68 Å². The number of furan rings is 1. The van der Waals surface area contributed by atoms with Crippen LogP contribution in [-0.4, -0.2) is 46.3 Å². The molecule has 31 heavy (non-hydrogen) atoms. The lowest BCUT2D eigenvalue weighted by atomic mass is 9.97. The number of ether oxygens (including phenoxy) is 1. The normalized spacial score (nSPS) is 14.6. The zero-order valence-corrected chi connectivity index (χ0v) is 18.1. The molecule has 0 atom stereocenters. The fourth-order valence-electron chi connectivity index (χ4n) is 3.95. The third kappa shape index (κ3) is 4.26. The van der Waals surface area contributed by atoms with Gasteiger partial charge in [0.1, 0.15) is 11.4 Å². The van der Waals surface area contributed by atoms with Gasteiger partial charge in [0.05, 0.1) is 24.5 Å². The van der Waals surface area contributed by atoms with Crippen molar-refractivity contribution in [2.24, 2.45) is 5.92 Å². The van der Waals surface area contributed by atoms with Crippen molar-refractivity contribution in [1.29, 1.82) is 0 Å². The molecule has 0 bridgehead atoms. The topological polar surface area (TPSA) is 77.6 Å². The molecule has 1 amide bonds. The number of carbonyl (C=O) groups is 2. The van der Waals surface area contributed by atoms with Gasteiger partial charge in [-0.15, -0.1) is 0 Å². The predicted molar refractivity (Wildman–Crippen MR) is 116 cm³/mol. The average Bonchev–Trinajstić information content (AvgIpc) is 3.45. The number of amides is 1. The Morgan fingerprint density at radius 3 is 2.61 bits per heavy atom. The van der Waals surface area contributed by atoms with E-state index in [0.717, 1.165) is 16.8 Å². The van der Waals surface area contributed by atoms with Crippen LogP contribution in [0, 0.1) is 19.8 Å². The monoisotopic (exact) mass is 421 g/mol. The van der Waals surface area contributed by atoms with Crippen LogP contribution < -0.4 is 0 Å². The van der Waals surface area contributed by atoms with E-state index < -0.39 is 0 Å². The van der Waals surface area contributed by atoms with E-state index in [-0.39, 0.29) is 17.8 Å². The minimum Gasteiger partial charge on any atom is -0.466 e. The quantitative estimate of drug-likeness (QED) is 0.578. The molecule has 1 aliphatic rings.